The van der Waals surface area contributed by atoms with Gasteiger partial charge in [0.05, 0.1) is 12.7 Å². The zero-order valence-corrected chi connectivity index (χ0v) is 16.7. The van der Waals surface area contributed by atoms with Gasteiger partial charge in [-0.15, -0.1) is 0 Å². The molecule has 3 heterocycles. The van der Waals surface area contributed by atoms with E-state index in [1.54, 1.807) is 12.1 Å². The van der Waals surface area contributed by atoms with E-state index in [1.165, 1.54) is 17.7 Å². The Balaban J connectivity index is 1.26. The molecular formula is C21H27FN4O3. The molecule has 0 bridgehead atoms. The number of hydrogen-bond acceptors (Lipinski definition) is 5. The normalized spacial score (nSPS) is 21.5. The summed E-state index contributed by atoms with van der Waals surface area (Å²) in [6, 6.07) is 6.17. The number of benzene rings is 1. The van der Waals surface area contributed by atoms with Gasteiger partial charge in [-0.3, -0.25) is 14.4 Å². The number of halogens is 1. The van der Waals surface area contributed by atoms with Crippen molar-refractivity contribution in [3.63, 3.8) is 0 Å². The van der Waals surface area contributed by atoms with Crippen LogP contribution in [0.15, 0.2) is 36.7 Å². The minimum absolute atomic E-state index is 0.0498. The zero-order chi connectivity index (χ0) is 20.2. The van der Waals surface area contributed by atoms with Gasteiger partial charge >= 0.3 is 0 Å². The van der Waals surface area contributed by atoms with Crippen molar-refractivity contribution in [3.05, 3.63) is 48.0 Å². The number of rotatable bonds is 6. The molecule has 1 aromatic heterocycles. The molecule has 7 nitrogen and oxygen atoms in total. The summed E-state index contributed by atoms with van der Waals surface area (Å²) in [4.78, 5) is 16.8. The standard InChI is InChI=1S/C21H27FN4O3/c1-24-11-16(10-23-24)12-25-8-6-18(7-9-25)26-13-20(29-15-21(26)27)14-28-19-4-2-17(22)3-5-19/h2-5,10-11,18,20H,6-9,12-15H2,1H3/t20-/m1/s1. The summed E-state index contributed by atoms with van der Waals surface area (Å²) in [6.45, 7) is 3.78. The van der Waals surface area contributed by atoms with Crippen molar-refractivity contribution in [2.24, 2.45) is 7.05 Å². The van der Waals surface area contributed by atoms with Gasteiger partial charge in [-0.1, -0.05) is 0 Å². The van der Waals surface area contributed by atoms with Gasteiger partial charge in [-0.25, -0.2) is 4.39 Å². The number of hydrogen-bond donors (Lipinski definition) is 0. The molecule has 0 radical (unpaired) electrons. The minimum Gasteiger partial charge on any atom is -0.491 e. The second-order valence-corrected chi connectivity index (χ2v) is 7.77. The highest BCUT2D eigenvalue weighted by atomic mass is 19.1. The highest BCUT2D eigenvalue weighted by Gasteiger charge is 2.33. The molecule has 8 heteroatoms. The average molecular weight is 402 g/mol. The van der Waals surface area contributed by atoms with Gasteiger partial charge in [-0.2, -0.15) is 5.10 Å². The monoisotopic (exact) mass is 402 g/mol. The van der Waals surface area contributed by atoms with Crippen LogP contribution in [0.25, 0.3) is 0 Å². The molecule has 0 aliphatic carbocycles. The summed E-state index contributed by atoms with van der Waals surface area (Å²) in [5, 5.41) is 4.23. The van der Waals surface area contributed by atoms with Gasteiger partial charge in [-0.05, 0) is 37.1 Å². The zero-order valence-electron chi connectivity index (χ0n) is 16.7. The summed E-state index contributed by atoms with van der Waals surface area (Å²) in [6.07, 6.45) is 5.69. The fourth-order valence-electron chi connectivity index (χ4n) is 4.02. The van der Waals surface area contributed by atoms with E-state index in [1.807, 2.05) is 29.0 Å². The van der Waals surface area contributed by atoms with Crippen LogP contribution in [-0.4, -0.2) is 70.5 Å². The first kappa shape index (κ1) is 19.8. The molecule has 2 aliphatic heterocycles. The largest absolute Gasteiger partial charge is 0.491 e. The van der Waals surface area contributed by atoms with E-state index in [-0.39, 0.29) is 30.5 Å². The Morgan fingerprint density at radius 1 is 1.24 bits per heavy atom. The molecule has 2 aliphatic rings. The molecule has 2 fully saturated rings. The summed E-state index contributed by atoms with van der Waals surface area (Å²) < 4.78 is 26.2. The lowest BCUT2D eigenvalue weighted by Crippen LogP contribution is -2.55. The maximum absolute atomic E-state index is 13.0. The van der Waals surface area contributed by atoms with Gasteiger partial charge < -0.3 is 14.4 Å². The number of carbonyl (C=O) groups is 1. The van der Waals surface area contributed by atoms with Crippen LogP contribution in [0, 0.1) is 5.82 Å². The lowest BCUT2D eigenvalue weighted by molar-refractivity contribution is -0.155. The van der Waals surface area contributed by atoms with Crippen molar-refractivity contribution >= 4 is 5.91 Å². The number of aryl methyl sites for hydroxylation is 1. The third-order valence-electron chi connectivity index (χ3n) is 5.58. The molecule has 1 aromatic carbocycles. The summed E-state index contributed by atoms with van der Waals surface area (Å²) >= 11 is 0. The van der Waals surface area contributed by atoms with Gasteiger partial charge in [0.25, 0.3) is 0 Å². The van der Waals surface area contributed by atoms with Crippen molar-refractivity contribution in [2.45, 2.75) is 31.5 Å². The van der Waals surface area contributed by atoms with Gasteiger partial charge in [0.1, 0.15) is 30.9 Å². The smallest absolute Gasteiger partial charge is 0.248 e. The SMILES string of the molecule is Cn1cc(CN2CCC(N3C[C@H](COc4ccc(F)cc4)OCC3=O)CC2)cn1. The number of aromatic nitrogens is 2. The number of nitrogens with zero attached hydrogens (tertiary/aromatic N) is 4. The Hall–Kier alpha value is -2.45. The molecule has 1 amide bonds. The van der Waals surface area contributed by atoms with Crippen molar-refractivity contribution in [1.82, 2.24) is 19.6 Å². The predicted octanol–water partition coefficient (Wildman–Crippen LogP) is 1.83. The highest BCUT2D eigenvalue weighted by Crippen LogP contribution is 2.22. The van der Waals surface area contributed by atoms with E-state index >= 15 is 0 Å². The highest BCUT2D eigenvalue weighted by molar-refractivity contribution is 5.78. The van der Waals surface area contributed by atoms with Crippen molar-refractivity contribution in [2.75, 3.05) is 32.8 Å². The second-order valence-electron chi connectivity index (χ2n) is 7.77. The molecule has 0 spiro atoms. The molecule has 2 aromatic rings. The summed E-state index contributed by atoms with van der Waals surface area (Å²) in [7, 11) is 1.93. The molecular weight excluding hydrogens is 375 g/mol. The fourth-order valence-corrected chi connectivity index (χ4v) is 4.02. The third-order valence-corrected chi connectivity index (χ3v) is 5.58. The molecule has 2 saturated heterocycles. The van der Waals surface area contributed by atoms with E-state index in [2.05, 4.69) is 10.00 Å². The topological polar surface area (TPSA) is 59.8 Å². The van der Waals surface area contributed by atoms with E-state index in [0.717, 1.165) is 32.5 Å². The van der Waals surface area contributed by atoms with Crippen LogP contribution < -0.4 is 4.74 Å². The quantitative estimate of drug-likeness (QED) is 0.738. The number of ether oxygens (including phenoxy) is 2. The Morgan fingerprint density at radius 3 is 2.69 bits per heavy atom. The van der Waals surface area contributed by atoms with Gasteiger partial charge in [0.15, 0.2) is 0 Å². The van der Waals surface area contributed by atoms with Crippen molar-refractivity contribution < 1.29 is 18.7 Å². The number of piperidine rings is 1. The molecule has 156 valence electrons. The van der Waals surface area contributed by atoms with E-state index in [9.17, 15) is 9.18 Å². The lowest BCUT2D eigenvalue weighted by atomic mass is 10.0. The van der Waals surface area contributed by atoms with Crippen molar-refractivity contribution in [1.29, 1.82) is 0 Å². The average Bonchev–Trinajstić information content (AvgIpc) is 3.14. The lowest BCUT2D eigenvalue weighted by Gasteiger charge is -2.42. The van der Waals surface area contributed by atoms with Crippen LogP contribution in [-0.2, 0) is 23.1 Å². The molecule has 0 saturated carbocycles. The molecule has 0 N–H and O–H groups in total. The Labute approximate surface area is 170 Å². The van der Waals surface area contributed by atoms with Crippen LogP contribution in [0.5, 0.6) is 5.75 Å². The second kappa shape index (κ2) is 8.92. The summed E-state index contributed by atoms with van der Waals surface area (Å²) in [5.74, 6) is 0.355. The van der Waals surface area contributed by atoms with Crippen molar-refractivity contribution in [3.8, 4) is 5.75 Å². The van der Waals surface area contributed by atoms with Gasteiger partial charge in [0.2, 0.25) is 5.91 Å². The maximum atomic E-state index is 13.0. The van der Waals surface area contributed by atoms with Crippen LogP contribution >= 0.6 is 0 Å². The minimum atomic E-state index is -0.294. The Kier molecular flexibility index (Phi) is 6.10. The van der Waals surface area contributed by atoms with E-state index < -0.39 is 0 Å². The first-order valence-electron chi connectivity index (χ1n) is 10.1. The Bertz CT molecular complexity index is 818. The molecule has 4 rings (SSSR count). The van der Waals surface area contributed by atoms with Crippen LogP contribution in [0.3, 0.4) is 0 Å². The Morgan fingerprint density at radius 2 is 2.00 bits per heavy atom. The first-order chi connectivity index (χ1) is 14.1. The van der Waals surface area contributed by atoms with Crippen LogP contribution in [0.4, 0.5) is 4.39 Å². The number of morpholine rings is 1. The predicted molar refractivity (Wildman–Crippen MR) is 105 cm³/mol. The molecule has 1 atom stereocenters. The van der Waals surface area contributed by atoms with Crippen LogP contribution in [0.1, 0.15) is 18.4 Å². The maximum Gasteiger partial charge on any atom is 0.248 e. The fraction of sp³-hybridized carbons (Fsp3) is 0.524. The first-order valence-corrected chi connectivity index (χ1v) is 10.1. The number of amides is 1. The summed E-state index contributed by atoms with van der Waals surface area (Å²) in [5.41, 5.74) is 1.21. The number of carbonyl (C=O) groups excluding carboxylic acids is 1. The van der Waals surface area contributed by atoms with E-state index in [4.69, 9.17) is 9.47 Å². The van der Waals surface area contributed by atoms with Crippen LogP contribution in [0.2, 0.25) is 0 Å². The molecule has 29 heavy (non-hydrogen) atoms. The third kappa shape index (κ3) is 5.13. The van der Waals surface area contributed by atoms with Gasteiger partial charge in [0, 0.05) is 44.5 Å². The van der Waals surface area contributed by atoms with E-state index in [0.29, 0.717) is 18.9 Å². The number of likely N-dealkylation sites (tertiary alicyclic amines) is 1. The molecule has 0 unspecified atom stereocenters.